The van der Waals surface area contributed by atoms with Crippen LogP contribution < -0.4 is 0 Å². The van der Waals surface area contributed by atoms with E-state index in [4.69, 9.17) is 0 Å². The van der Waals surface area contributed by atoms with E-state index in [1.54, 1.807) is 36.4 Å². The first kappa shape index (κ1) is 17.2. The highest BCUT2D eigenvalue weighted by molar-refractivity contribution is 5.56. The van der Waals surface area contributed by atoms with Gasteiger partial charge in [0.25, 0.3) is 0 Å². The Balaban J connectivity index is 2.16. The summed E-state index contributed by atoms with van der Waals surface area (Å²) in [5.74, 6) is 0. The highest BCUT2D eigenvalue weighted by atomic mass is 16.1. The van der Waals surface area contributed by atoms with Crippen molar-refractivity contribution in [2.24, 2.45) is 9.98 Å². The molecule has 0 spiro atoms. The lowest BCUT2D eigenvalue weighted by atomic mass is 9.71. The second-order valence-corrected chi connectivity index (χ2v) is 5.99. The molecule has 126 valence electrons. The van der Waals surface area contributed by atoms with Gasteiger partial charge in [-0.05, 0) is 47.9 Å². The van der Waals surface area contributed by atoms with Gasteiger partial charge < -0.3 is 0 Å². The average molecular weight is 340 g/mol. The van der Waals surface area contributed by atoms with Gasteiger partial charge in [-0.15, -0.1) is 0 Å². The second kappa shape index (κ2) is 7.54. The van der Waals surface area contributed by atoms with Gasteiger partial charge in [0.05, 0.1) is 11.4 Å². The van der Waals surface area contributed by atoms with E-state index in [1.807, 2.05) is 42.5 Å². The predicted octanol–water partition coefficient (Wildman–Crippen LogP) is 4.98. The summed E-state index contributed by atoms with van der Waals surface area (Å²) in [6, 6.07) is 25.2. The molecule has 0 amide bonds. The lowest BCUT2D eigenvalue weighted by Crippen LogP contribution is -2.25. The van der Waals surface area contributed by atoms with Gasteiger partial charge >= 0.3 is 0 Å². The molecule has 3 aromatic rings. The number of nitrogens with zero attached hydrogens (tertiary/aromatic N) is 2. The van der Waals surface area contributed by atoms with Crippen LogP contribution in [0.3, 0.4) is 0 Å². The topological polar surface area (TPSA) is 58.9 Å². The molecule has 3 rings (SSSR count). The Morgan fingerprint density at radius 3 is 1.38 bits per heavy atom. The molecule has 0 radical (unpaired) electrons. The van der Waals surface area contributed by atoms with E-state index in [-0.39, 0.29) is 0 Å². The molecule has 0 aliphatic heterocycles. The molecule has 0 N–H and O–H groups in total. The van der Waals surface area contributed by atoms with Crippen molar-refractivity contribution in [1.29, 1.82) is 0 Å². The van der Waals surface area contributed by atoms with Gasteiger partial charge in [0.15, 0.2) is 0 Å². The second-order valence-electron chi connectivity index (χ2n) is 5.99. The minimum Gasteiger partial charge on any atom is -0.211 e. The van der Waals surface area contributed by atoms with Crippen LogP contribution in [0.25, 0.3) is 0 Å². The summed E-state index contributed by atoms with van der Waals surface area (Å²) >= 11 is 0. The highest BCUT2D eigenvalue weighted by Gasteiger charge is 2.30. The summed E-state index contributed by atoms with van der Waals surface area (Å²) in [5.41, 5.74) is 3.94. The van der Waals surface area contributed by atoms with Gasteiger partial charge in [-0.25, -0.2) is 9.59 Å². The Hall–Kier alpha value is -3.58. The summed E-state index contributed by atoms with van der Waals surface area (Å²) < 4.78 is 0. The number of hydrogen-bond donors (Lipinski definition) is 0. The molecule has 3 aromatic carbocycles. The smallest absolute Gasteiger partial charge is 0.211 e. The summed E-state index contributed by atoms with van der Waals surface area (Å²) in [7, 11) is 0. The SMILES string of the molecule is CC(c1ccccc1)(c1ccc(N=C=O)cc1)c1ccc(N=C=O)cc1. The van der Waals surface area contributed by atoms with Crippen LogP contribution in [-0.4, -0.2) is 12.2 Å². The Morgan fingerprint density at radius 1 is 0.615 bits per heavy atom. The predicted molar refractivity (Wildman–Crippen MR) is 100 cm³/mol. The first-order valence-electron chi connectivity index (χ1n) is 8.11. The van der Waals surface area contributed by atoms with Gasteiger partial charge in [-0.3, -0.25) is 0 Å². The van der Waals surface area contributed by atoms with Gasteiger partial charge in [0.2, 0.25) is 12.2 Å². The minimum atomic E-state index is -0.423. The zero-order valence-electron chi connectivity index (χ0n) is 14.2. The molecule has 26 heavy (non-hydrogen) atoms. The Bertz CT molecular complexity index is 919. The Morgan fingerprint density at radius 2 is 1.00 bits per heavy atom. The standard InChI is InChI=1S/C22H16N2O2/c1-22(17-5-3-2-4-6-17,18-7-11-20(12-8-18)23-15-25)19-9-13-21(14-10-19)24-16-26/h2-14H,1H3. The monoisotopic (exact) mass is 340 g/mol. The van der Waals surface area contributed by atoms with Crippen molar-refractivity contribution < 1.29 is 9.59 Å². The summed E-state index contributed by atoms with van der Waals surface area (Å²) in [6.45, 7) is 2.14. The third-order valence-electron chi connectivity index (χ3n) is 4.59. The van der Waals surface area contributed by atoms with E-state index < -0.39 is 5.41 Å². The van der Waals surface area contributed by atoms with E-state index in [0.717, 1.165) is 16.7 Å². The molecule has 0 fully saturated rings. The number of benzene rings is 3. The van der Waals surface area contributed by atoms with E-state index in [1.165, 1.54) is 0 Å². The molecule has 4 nitrogen and oxygen atoms in total. The molecule has 0 saturated carbocycles. The maximum atomic E-state index is 10.5. The van der Waals surface area contributed by atoms with Crippen molar-refractivity contribution in [2.45, 2.75) is 12.3 Å². The maximum absolute atomic E-state index is 10.5. The van der Waals surface area contributed by atoms with Crippen LogP contribution in [0, 0.1) is 0 Å². The van der Waals surface area contributed by atoms with Gasteiger partial charge in [-0.1, -0.05) is 54.6 Å². The van der Waals surface area contributed by atoms with Crippen molar-refractivity contribution in [2.75, 3.05) is 0 Å². The zero-order valence-corrected chi connectivity index (χ0v) is 14.2. The molecule has 0 aromatic heterocycles. The largest absolute Gasteiger partial charge is 0.240 e. The van der Waals surface area contributed by atoms with Crippen molar-refractivity contribution in [3.05, 3.63) is 95.6 Å². The Kier molecular flexibility index (Phi) is 5.00. The first-order chi connectivity index (χ1) is 12.7. The van der Waals surface area contributed by atoms with Gasteiger partial charge in [-0.2, -0.15) is 9.98 Å². The Labute approximate surface area is 151 Å². The molecule has 0 bridgehead atoms. The van der Waals surface area contributed by atoms with Crippen molar-refractivity contribution >= 4 is 23.5 Å². The summed E-state index contributed by atoms with van der Waals surface area (Å²) in [6.07, 6.45) is 3.11. The number of carbonyl (C=O) groups excluding carboxylic acids is 2. The average Bonchev–Trinajstić information content (AvgIpc) is 2.70. The molecule has 0 atom stereocenters. The molecule has 0 aliphatic carbocycles. The number of rotatable bonds is 5. The third-order valence-corrected chi connectivity index (χ3v) is 4.59. The van der Waals surface area contributed by atoms with Crippen LogP contribution in [-0.2, 0) is 15.0 Å². The molecule has 4 heteroatoms. The number of isocyanates is 2. The van der Waals surface area contributed by atoms with Crippen molar-refractivity contribution in [3.63, 3.8) is 0 Å². The lowest BCUT2D eigenvalue weighted by Gasteiger charge is -2.32. The van der Waals surface area contributed by atoms with Gasteiger partial charge in [0.1, 0.15) is 0 Å². The van der Waals surface area contributed by atoms with Crippen molar-refractivity contribution in [1.82, 2.24) is 0 Å². The molecular weight excluding hydrogens is 324 g/mol. The van der Waals surface area contributed by atoms with Crippen LogP contribution in [0.2, 0.25) is 0 Å². The molecule has 0 heterocycles. The summed E-state index contributed by atoms with van der Waals surface area (Å²) in [4.78, 5) is 28.2. The van der Waals surface area contributed by atoms with E-state index in [9.17, 15) is 9.59 Å². The van der Waals surface area contributed by atoms with E-state index >= 15 is 0 Å². The van der Waals surface area contributed by atoms with E-state index in [0.29, 0.717) is 11.4 Å². The normalized spacial score (nSPS) is 12.3. The lowest BCUT2D eigenvalue weighted by molar-refractivity contribution is 0.564. The fourth-order valence-electron chi connectivity index (χ4n) is 3.12. The third kappa shape index (κ3) is 3.28. The number of hydrogen-bond acceptors (Lipinski definition) is 4. The molecular formula is C22H16N2O2. The minimum absolute atomic E-state index is 0.423. The van der Waals surface area contributed by atoms with Crippen LogP contribution in [0.1, 0.15) is 23.6 Å². The molecule has 0 aliphatic rings. The van der Waals surface area contributed by atoms with Gasteiger partial charge in [0, 0.05) is 5.41 Å². The van der Waals surface area contributed by atoms with E-state index in [2.05, 4.69) is 29.0 Å². The molecule has 0 unspecified atom stereocenters. The van der Waals surface area contributed by atoms with Crippen LogP contribution in [0.15, 0.2) is 88.8 Å². The fraction of sp³-hybridized carbons (Fsp3) is 0.0909. The summed E-state index contributed by atoms with van der Waals surface area (Å²) in [5, 5.41) is 0. The quantitative estimate of drug-likeness (QED) is 0.374. The van der Waals surface area contributed by atoms with Crippen LogP contribution in [0.5, 0.6) is 0 Å². The van der Waals surface area contributed by atoms with Crippen LogP contribution in [0.4, 0.5) is 11.4 Å². The highest BCUT2D eigenvalue weighted by Crippen LogP contribution is 2.39. The molecule has 0 saturated heterocycles. The maximum Gasteiger partial charge on any atom is 0.240 e. The first-order valence-corrected chi connectivity index (χ1v) is 8.11. The van der Waals surface area contributed by atoms with Crippen LogP contribution >= 0.6 is 0 Å². The van der Waals surface area contributed by atoms with Crippen molar-refractivity contribution in [3.8, 4) is 0 Å². The fourth-order valence-corrected chi connectivity index (χ4v) is 3.12. The zero-order chi connectivity index (χ0) is 18.4. The number of aliphatic imine (C=N–C) groups is 2.